The van der Waals surface area contributed by atoms with Crippen molar-refractivity contribution in [2.24, 2.45) is 0 Å². The maximum Gasteiger partial charge on any atom is 0.229 e. The van der Waals surface area contributed by atoms with Gasteiger partial charge in [0.05, 0.1) is 7.11 Å². The zero-order valence-electron chi connectivity index (χ0n) is 13.7. The number of aryl methyl sites for hydroxylation is 1. The number of nitrogens with zero attached hydrogens (tertiary/aromatic N) is 3. The van der Waals surface area contributed by atoms with E-state index in [0.29, 0.717) is 22.9 Å². The third-order valence-corrected chi connectivity index (χ3v) is 4.17. The second kappa shape index (κ2) is 6.18. The van der Waals surface area contributed by atoms with E-state index in [-0.39, 0.29) is 5.15 Å². The molecule has 0 saturated heterocycles. The summed E-state index contributed by atoms with van der Waals surface area (Å²) in [6, 6.07) is 15.3. The average molecular weight is 352 g/mol. The lowest BCUT2D eigenvalue weighted by molar-refractivity contribution is 0.415. The zero-order valence-corrected chi connectivity index (χ0v) is 14.4. The van der Waals surface area contributed by atoms with E-state index < -0.39 is 0 Å². The minimum absolute atomic E-state index is 0.232. The molecule has 0 aliphatic carbocycles. The van der Waals surface area contributed by atoms with Gasteiger partial charge in [-0.3, -0.25) is 0 Å². The number of rotatable bonds is 3. The Bertz CT molecular complexity index is 1080. The largest absolute Gasteiger partial charge is 0.497 e. The normalized spacial score (nSPS) is 11.0. The van der Waals surface area contributed by atoms with Crippen LogP contribution >= 0.6 is 11.6 Å². The molecule has 0 atom stereocenters. The first-order valence-corrected chi connectivity index (χ1v) is 8.08. The fourth-order valence-corrected chi connectivity index (χ4v) is 2.81. The van der Waals surface area contributed by atoms with E-state index in [4.69, 9.17) is 20.8 Å². The Morgan fingerprint density at radius 3 is 2.64 bits per heavy atom. The molecule has 0 radical (unpaired) electrons. The van der Waals surface area contributed by atoms with Crippen LogP contribution in [0.25, 0.3) is 34.1 Å². The molecule has 0 bridgehead atoms. The molecule has 0 saturated carbocycles. The van der Waals surface area contributed by atoms with Crippen molar-refractivity contribution >= 4 is 22.8 Å². The Morgan fingerprint density at radius 2 is 1.84 bits per heavy atom. The summed E-state index contributed by atoms with van der Waals surface area (Å²) < 4.78 is 11.1. The van der Waals surface area contributed by atoms with Gasteiger partial charge in [-0.1, -0.05) is 41.9 Å². The number of hydrogen-bond donors (Lipinski definition) is 0. The molecule has 25 heavy (non-hydrogen) atoms. The Hall–Kier alpha value is -2.92. The first-order valence-electron chi connectivity index (χ1n) is 7.70. The minimum atomic E-state index is 0.232. The lowest BCUT2D eigenvalue weighted by Crippen LogP contribution is -1.92. The summed E-state index contributed by atoms with van der Waals surface area (Å²) in [7, 11) is 1.61. The zero-order chi connectivity index (χ0) is 17.4. The van der Waals surface area contributed by atoms with Gasteiger partial charge in [0.25, 0.3) is 0 Å². The molecule has 2 aromatic heterocycles. The Balaban J connectivity index is 1.86. The molecule has 2 aromatic carbocycles. The molecule has 4 aromatic rings. The predicted octanol–water partition coefficient (Wildman–Crippen LogP) is 4.92. The number of ether oxygens (including phenoxy) is 1. The van der Waals surface area contributed by atoms with Crippen LogP contribution in [-0.2, 0) is 0 Å². The third-order valence-electron chi connectivity index (χ3n) is 3.92. The second-order valence-corrected chi connectivity index (χ2v) is 5.91. The second-order valence-electron chi connectivity index (χ2n) is 5.56. The topological polar surface area (TPSA) is 61.0 Å². The molecule has 5 nitrogen and oxygen atoms in total. The molecule has 124 valence electrons. The summed E-state index contributed by atoms with van der Waals surface area (Å²) in [5, 5.41) is 0.232. The number of fused-ring (bicyclic) bond motifs is 1. The summed E-state index contributed by atoms with van der Waals surface area (Å²) in [4.78, 5) is 13.3. The van der Waals surface area contributed by atoms with Crippen LogP contribution in [0.3, 0.4) is 0 Å². The van der Waals surface area contributed by atoms with Gasteiger partial charge in [-0.2, -0.15) is 4.98 Å². The van der Waals surface area contributed by atoms with Crippen molar-refractivity contribution in [3.05, 3.63) is 59.2 Å². The number of hydrogen-bond acceptors (Lipinski definition) is 5. The van der Waals surface area contributed by atoms with Crippen LogP contribution in [0.4, 0.5) is 0 Å². The van der Waals surface area contributed by atoms with Crippen LogP contribution in [0, 0.1) is 6.92 Å². The number of benzene rings is 2. The minimum Gasteiger partial charge on any atom is -0.497 e. The van der Waals surface area contributed by atoms with Crippen molar-refractivity contribution in [2.45, 2.75) is 6.92 Å². The van der Waals surface area contributed by atoms with Crippen molar-refractivity contribution in [2.75, 3.05) is 7.11 Å². The van der Waals surface area contributed by atoms with Gasteiger partial charge in [0.1, 0.15) is 5.75 Å². The molecule has 0 unspecified atom stereocenters. The monoisotopic (exact) mass is 351 g/mol. The standard InChI is InChI=1S/C19H14ClN3O2/c1-11-6-3-4-9-14(11)19-23-18-15(25-19)16(20)21-17(22-18)12-7-5-8-13(10-12)24-2/h3-10H,1-2H3. The summed E-state index contributed by atoms with van der Waals surface area (Å²) in [5.41, 5.74) is 3.57. The first-order chi connectivity index (χ1) is 12.2. The summed E-state index contributed by atoms with van der Waals surface area (Å²) >= 11 is 6.31. The van der Waals surface area contributed by atoms with E-state index in [9.17, 15) is 0 Å². The third kappa shape index (κ3) is 2.83. The van der Waals surface area contributed by atoms with E-state index in [0.717, 1.165) is 22.4 Å². The van der Waals surface area contributed by atoms with Gasteiger partial charge < -0.3 is 9.15 Å². The van der Waals surface area contributed by atoms with Gasteiger partial charge in [0.2, 0.25) is 17.1 Å². The molecule has 0 fully saturated rings. The van der Waals surface area contributed by atoms with Crippen LogP contribution in [-0.4, -0.2) is 22.1 Å². The van der Waals surface area contributed by atoms with E-state index in [1.54, 1.807) is 7.11 Å². The molecule has 6 heteroatoms. The number of oxazole rings is 1. The molecule has 0 spiro atoms. The fourth-order valence-electron chi connectivity index (χ4n) is 2.61. The van der Waals surface area contributed by atoms with E-state index in [1.165, 1.54) is 0 Å². The van der Waals surface area contributed by atoms with E-state index in [2.05, 4.69) is 15.0 Å². The Kier molecular flexibility index (Phi) is 3.86. The highest BCUT2D eigenvalue weighted by molar-refractivity contribution is 6.33. The van der Waals surface area contributed by atoms with Gasteiger partial charge in [-0.25, -0.2) is 9.97 Å². The van der Waals surface area contributed by atoms with Crippen molar-refractivity contribution in [3.8, 4) is 28.6 Å². The van der Waals surface area contributed by atoms with Crippen LogP contribution < -0.4 is 4.74 Å². The first kappa shape index (κ1) is 15.6. The average Bonchev–Trinajstić information content (AvgIpc) is 3.06. The van der Waals surface area contributed by atoms with Crippen LogP contribution in [0.1, 0.15) is 5.56 Å². The van der Waals surface area contributed by atoms with Crippen LogP contribution in [0.15, 0.2) is 52.9 Å². The van der Waals surface area contributed by atoms with E-state index >= 15 is 0 Å². The summed E-state index contributed by atoms with van der Waals surface area (Å²) in [6.45, 7) is 2.00. The van der Waals surface area contributed by atoms with Gasteiger partial charge in [0, 0.05) is 11.1 Å². The van der Waals surface area contributed by atoms with Crippen molar-refractivity contribution in [3.63, 3.8) is 0 Å². The molecular formula is C19H14ClN3O2. The van der Waals surface area contributed by atoms with Gasteiger partial charge in [-0.15, -0.1) is 0 Å². The van der Waals surface area contributed by atoms with E-state index in [1.807, 2.05) is 55.5 Å². The van der Waals surface area contributed by atoms with Gasteiger partial charge >= 0.3 is 0 Å². The fraction of sp³-hybridized carbons (Fsp3) is 0.105. The quantitative estimate of drug-likeness (QED) is 0.490. The van der Waals surface area contributed by atoms with Crippen molar-refractivity contribution in [1.82, 2.24) is 15.0 Å². The highest BCUT2D eigenvalue weighted by atomic mass is 35.5. The van der Waals surface area contributed by atoms with Gasteiger partial charge in [-0.05, 0) is 30.7 Å². The molecule has 0 N–H and O–H groups in total. The molecule has 0 amide bonds. The summed E-state index contributed by atoms with van der Waals surface area (Å²) in [5.74, 6) is 1.67. The highest BCUT2D eigenvalue weighted by Gasteiger charge is 2.17. The van der Waals surface area contributed by atoms with Gasteiger partial charge in [0.15, 0.2) is 11.0 Å². The maximum absolute atomic E-state index is 6.31. The molecule has 0 aliphatic heterocycles. The Labute approximate surface area is 149 Å². The van der Waals surface area contributed by atoms with Crippen molar-refractivity contribution in [1.29, 1.82) is 0 Å². The molecular weight excluding hydrogens is 338 g/mol. The number of aromatic nitrogens is 3. The molecule has 2 heterocycles. The predicted molar refractivity (Wildman–Crippen MR) is 96.8 cm³/mol. The number of methoxy groups -OCH3 is 1. The highest BCUT2D eigenvalue weighted by Crippen LogP contribution is 2.31. The molecule has 4 rings (SSSR count). The van der Waals surface area contributed by atoms with Crippen LogP contribution in [0.5, 0.6) is 5.75 Å². The lowest BCUT2D eigenvalue weighted by atomic mass is 10.1. The smallest absolute Gasteiger partial charge is 0.229 e. The maximum atomic E-state index is 6.31. The lowest BCUT2D eigenvalue weighted by Gasteiger charge is -2.03. The molecule has 0 aliphatic rings. The SMILES string of the molecule is COc1cccc(-c2nc(Cl)c3oc(-c4ccccc4C)nc3n2)c1. The Morgan fingerprint density at radius 1 is 1.00 bits per heavy atom. The number of halogens is 1. The van der Waals surface area contributed by atoms with Crippen LogP contribution in [0.2, 0.25) is 5.15 Å². The summed E-state index contributed by atoms with van der Waals surface area (Å²) in [6.07, 6.45) is 0. The van der Waals surface area contributed by atoms with Crippen molar-refractivity contribution < 1.29 is 9.15 Å².